The predicted molar refractivity (Wildman–Crippen MR) is 60.5 cm³/mol. The first kappa shape index (κ1) is 11.5. The van der Waals surface area contributed by atoms with E-state index in [-0.39, 0.29) is 0 Å². The zero-order valence-corrected chi connectivity index (χ0v) is 10.1. The van der Waals surface area contributed by atoms with Crippen molar-refractivity contribution >= 4 is 22.9 Å². The van der Waals surface area contributed by atoms with E-state index in [0.29, 0.717) is 0 Å². The first-order valence-electron chi connectivity index (χ1n) is 4.31. The van der Waals surface area contributed by atoms with Gasteiger partial charge in [-0.3, -0.25) is 4.90 Å². The van der Waals surface area contributed by atoms with Gasteiger partial charge < -0.3 is 0 Å². The lowest BCUT2D eigenvalue weighted by Gasteiger charge is -2.28. The molecule has 0 atom stereocenters. The van der Waals surface area contributed by atoms with E-state index in [9.17, 15) is 0 Å². The second kappa shape index (κ2) is 4.31. The summed E-state index contributed by atoms with van der Waals surface area (Å²) in [5, 5.41) is 11.0. The van der Waals surface area contributed by atoms with Crippen LogP contribution in [0, 0.1) is 11.3 Å². The number of halogens is 1. The molecule has 4 heteroatoms. The SMILES string of the molecule is CN(Cc1csc(Cl)c1)C(C)(C)C#N. The summed E-state index contributed by atoms with van der Waals surface area (Å²) in [6.45, 7) is 4.56. The topological polar surface area (TPSA) is 27.0 Å². The highest BCUT2D eigenvalue weighted by Crippen LogP contribution is 2.22. The number of thiophene rings is 1. The van der Waals surface area contributed by atoms with Crippen molar-refractivity contribution in [3.05, 3.63) is 21.3 Å². The van der Waals surface area contributed by atoms with Gasteiger partial charge in [-0.05, 0) is 37.9 Å². The van der Waals surface area contributed by atoms with E-state index in [1.54, 1.807) is 0 Å². The Morgan fingerprint density at radius 1 is 1.64 bits per heavy atom. The van der Waals surface area contributed by atoms with Crippen molar-refractivity contribution < 1.29 is 0 Å². The van der Waals surface area contributed by atoms with E-state index in [4.69, 9.17) is 16.9 Å². The molecule has 1 heterocycles. The molecule has 1 aromatic heterocycles. The molecule has 0 saturated carbocycles. The van der Waals surface area contributed by atoms with Gasteiger partial charge in [0.2, 0.25) is 0 Å². The number of nitriles is 1. The minimum atomic E-state index is -0.436. The molecule has 1 aromatic rings. The van der Waals surface area contributed by atoms with Crippen LogP contribution in [0.5, 0.6) is 0 Å². The molecule has 0 radical (unpaired) electrons. The van der Waals surface area contributed by atoms with E-state index in [0.717, 1.165) is 16.4 Å². The van der Waals surface area contributed by atoms with E-state index in [1.807, 2.05) is 37.2 Å². The van der Waals surface area contributed by atoms with Crippen LogP contribution in [0.1, 0.15) is 19.4 Å². The molecule has 0 bridgehead atoms. The summed E-state index contributed by atoms with van der Waals surface area (Å²) in [6, 6.07) is 4.21. The lowest BCUT2D eigenvalue weighted by Crippen LogP contribution is -2.38. The molecule has 0 aliphatic carbocycles. The molecule has 0 N–H and O–H groups in total. The van der Waals surface area contributed by atoms with Gasteiger partial charge in [0.25, 0.3) is 0 Å². The average molecular weight is 229 g/mol. The van der Waals surface area contributed by atoms with E-state index in [2.05, 4.69) is 6.07 Å². The standard InChI is InChI=1S/C10H13ClN2S/c1-10(2,7-12)13(3)5-8-4-9(11)14-6-8/h4,6H,5H2,1-3H3. The Bertz CT molecular complexity index is 351. The second-order valence-corrected chi connectivity index (χ2v) is 5.33. The van der Waals surface area contributed by atoms with Gasteiger partial charge in [0.15, 0.2) is 0 Å². The fourth-order valence-corrected chi connectivity index (χ4v) is 1.89. The predicted octanol–water partition coefficient (Wildman–Crippen LogP) is 3.14. The van der Waals surface area contributed by atoms with Crippen LogP contribution in [0.15, 0.2) is 11.4 Å². The smallest absolute Gasteiger partial charge is 0.103 e. The number of hydrogen-bond acceptors (Lipinski definition) is 3. The highest BCUT2D eigenvalue weighted by molar-refractivity contribution is 7.14. The van der Waals surface area contributed by atoms with Gasteiger partial charge in [-0.15, -0.1) is 11.3 Å². The van der Waals surface area contributed by atoms with Crippen molar-refractivity contribution in [2.24, 2.45) is 0 Å². The van der Waals surface area contributed by atoms with E-state index >= 15 is 0 Å². The van der Waals surface area contributed by atoms with Crippen molar-refractivity contribution in [2.75, 3.05) is 7.05 Å². The van der Waals surface area contributed by atoms with Gasteiger partial charge >= 0.3 is 0 Å². The van der Waals surface area contributed by atoms with Crippen LogP contribution in [-0.2, 0) is 6.54 Å². The van der Waals surface area contributed by atoms with Gasteiger partial charge in [0.1, 0.15) is 5.54 Å². The highest BCUT2D eigenvalue weighted by atomic mass is 35.5. The first-order valence-corrected chi connectivity index (χ1v) is 5.57. The van der Waals surface area contributed by atoms with Crippen molar-refractivity contribution in [3.8, 4) is 6.07 Å². The highest BCUT2D eigenvalue weighted by Gasteiger charge is 2.22. The second-order valence-electron chi connectivity index (χ2n) is 3.79. The molecular formula is C10H13ClN2S. The van der Waals surface area contributed by atoms with Crippen molar-refractivity contribution in [1.82, 2.24) is 4.90 Å². The molecule has 0 spiro atoms. The van der Waals surface area contributed by atoms with Crippen LogP contribution in [-0.4, -0.2) is 17.5 Å². The third-order valence-electron chi connectivity index (χ3n) is 2.27. The molecule has 0 fully saturated rings. The minimum absolute atomic E-state index is 0.436. The Morgan fingerprint density at radius 3 is 2.71 bits per heavy atom. The van der Waals surface area contributed by atoms with Crippen LogP contribution < -0.4 is 0 Å². The van der Waals surface area contributed by atoms with Crippen molar-refractivity contribution in [2.45, 2.75) is 25.9 Å². The molecule has 14 heavy (non-hydrogen) atoms. The lowest BCUT2D eigenvalue weighted by atomic mass is 10.1. The van der Waals surface area contributed by atoms with E-state index < -0.39 is 5.54 Å². The monoisotopic (exact) mass is 228 g/mol. The summed E-state index contributed by atoms with van der Waals surface area (Å²) in [5.41, 5.74) is 0.722. The van der Waals surface area contributed by atoms with Crippen molar-refractivity contribution in [1.29, 1.82) is 5.26 Å². The van der Waals surface area contributed by atoms with Crippen LogP contribution in [0.25, 0.3) is 0 Å². The van der Waals surface area contributed by atoms with Gasteiger partial charge in [-0.1, -0.05) is 11.6 Å². The van der Waals surface area contributed by atoms with Gasteiger partial charge in [0.05, 0.1) is 10.4 Å². The van der Waals surface area contributed by atoms with Crippen LogP contribution in [0.3, 0.4) is 0 Å². The fourth-order valence-electron chi connectivity index (χ4n) is 0.986. The maximum Gasteiger partial charge on any atom is 0.103 e. The zero-order chi connectivity index (χ0) is 10.8. The zero-order valence-electron chi connectivity index (χ0n) is 8.54. The maximum atomic E-state index is 8.93. The molecule has 0 amide bonds. The molecule has 0 aliphatic heterocycles. The Balaban J connectivity index is 2.67. The third kappa shape index (κ3) is 2.71. The molecule has 0 unspecified atom stereocenters. The third-order valence-corrected chi connectivity index (χ3v) is 3.41. The Hall–Kier alpha value is -0.560. The Labute approximate surface area is 93.7 Å². The van der Waals surface area contributed by atoms with Gasteiger partial charge in [-0.25, -0.2) is 0 Å². The minimum Gasteiger partial charge on any atom is -0.285 e. The van der Waals surface area contributed by atoms with Gasteiger partial charge in [0, 0.05) is 6.54 Å². The number of hydrogen-bond donors (Lipinski definition) is 0. The maximum absolute atomic E-state index is 8.93. The lowest BCUT2D eigenvalue weighted by molar-refractivity contribution is 0.203. The summed E-state index contributed by atoms with van der Waals surface area (Å²) in [6.07, 6.45) is 0. The Kier molecular flexibility index (Phi) is 3.54. The summed E-state index contributed by atoms with van der Waals surface area (Å²) in [7, 11) is 1.94. The molecule has 1 rings (SSSR count). The first-order chi connectivity index (χ1) is 6.45. The molecule has 0 aliphatic rings. The summed E-state index contributed by atoms with van der Waals surface area (Å²) < 4.78 is 0.795. The molecule has 0 saturated heterocycles. The normalized spacial score (nSPS) is 11.7. The quantitative estimate of drug-likeness (QED) is 0.795. The average Bonchev–Trinajstić information content (AvgIpc) is 2.51. The van der Waals surface area contributed by atoms with Crippen LogP contribution >= 0.6 is 22.9 Å². The number of nitrogens with zero attached hydrogens (tertiary/aromatic N) is 2. The summed E-state index contributed by atoms with van der Waals surface area (Å²) in [5.74, 6) is 0. The number of rotatable bonds is 3. The van der Waals surface area contributed by atoms with Gasteiger partial charge in [-0.2, -0.15) is 5.26 Å². The van der Waals surface area contributed by atoms with Crippen molar-refractivity contribution in [3.63, 3.8) is 0 Å². The van der Waals surface area contributed by atoms with Crippen LogP contribution in [0.2, 0.25) is 4.34 Å². The summed E-state index contributed by atoms with van der Waals surface area (Å²) in [4.78, 5) is 2.01. The van der Waals surface area contributed by atoms with Crippen LogP contribution in [0.4, 0.5) is 0 Å². The summed E-state index contributed by atoms with van der Waals surface area (Å²) >= 11 is 7.35. The molecule has 2 nitrogen and oxygen atoms in total. The fraction of sp³-hybridized carbons (Fsp3) is 0.500. The molecule has 0 aromatic carbocycles. The Morgan fingerprint density at radius 2 is 2.29 bits per heavy atom. The molecule has 76 valence electrons. The van der Waals surface area contributed by atoms with E-state index in [1.165, 1.54) is 11.3 Å². The largest absolute Gasteiger partial charge is 0.285 e. The molecular weight excluding hydrogens is 216 g/mol.